The third-order valence-corrected chi connectivity index (χ3v) is 2.19. The summed E-state index contributed by atoms with van der Waals surface area (Å²) in [6, 6.07) is 5.31. The second-order valence-corrected chi connectivity index (χ2v) is 4.34. The van der Waals surface area contributed by atoms with E-state index in [-0.39, 0.29) is 17.9 Å². The lowest BCUT2D eigenvalue weighted by Gasteiger charge is -2.15. The predicted octanol–water partition coefficient (Wildman–Crippen LogP) is 1.81. The van der Waals surface area contributed by atoms with Crippen LogP contribution in [0.3, 0.4) is 0 Å². The van der Waals surface area contributed by atoms with Crippen molar-refractivity contribution in [1.29, 1.82) is 5.26 Å². The number of benzene rings is 1. The number of hydrogen-bond donors (Lipinski definition) is 2. The molecule has 0 aliphatic carbocycles. The topological polar surface area (TPSA) is 73.1 Å². The SMILES string of the molecule is CC(C)(C#N)CNC(=O)c1ccc(O)cc1F. The molecule has 0 heterocycles. The number of aromatic hydroxyl groups is 1. The van der Waals surface area contributed by atoms with Crippen LogP contribution in [0.5, 0.6) is 5.75 Å². The Kier molecular flexibility index (Phi) is 3.69. The van der Waals surface area contributed by atoms with E-state index in [2.05, 4.69) is 5.32 Å². The van der Waals surface area contributed by atoms with E-state index in [9.17, 15) is 9.18 Å². The molecule has 1 aromatic rings. The second kappa shape index (κ2) is 4.83. The van der Waals surface area contributed by atoms with Crippen molar-refractivity contribution in [2.24, 2.45) is 5.41 Å². The van der Waals surface area contributed by atoms with Gasteiger partial charge >= 0.3 is 0 Å². The van der Waals surface area contributed by atoms with Crippen LogP contribution >= 0.6 is 0 Å². The molecule has 0 saturated carbocycles. The van der Waals surface area contributed by atoms with E-state index in [1.165, 1.54) is 12.1 Å². The number of halogens is 1. The fourth-order valence-corrected chi connectivity index (χ4v) is 1.12. The number of nitrogens with one attached hydrogen (secondary N) is 1. The third kappa shape index (κ3) is 3.45. The van der Waals surface area contributed by atoms with E-state index in [1.807, 2.05) is 6.07 Å². The maximum Gasteiger partial charge on any atom is 0.254 e. The fraction of sp³-hybridized carbons (Fsp3) is 0.333. The maximum atomic E-state index is 13.3. The molecule has 1 aromatic carbocycles. The molecule has 0 aromatic heterocycles. The van der Waals surface area contributed by atoms with Crippen molar-refractivity contribution in [2.75, 3.05) is 6.54 Å². The van der Waals surface area contributed by atoms with Crippen LogP contribution in [0, 0.1) is 22.6 Å². The smallest absolute Gasteiger partial charge is 0.254 e. The van der Waals surface area contributed by atoms with E-state index < -0.39 is 17.1 Å². The number of rotatable bonds is 3. The van der Waals surface area contributed by atoms with E-state index >= 15 is 0 Å². The van der Waals surface area contributed by atoms with Crippen LogP contribution in [0.4, 0.5) is 4.39 Å². The molecule has 4 nitrogen and oxygen atoms in total. The highest BCUT2D eigenvalue weighted by atomic mass is 19.1. The lowest BCUT2D eigenvalue weighted by Crippen LogP contribution is -2.33. The third-order valence-electron chi connectivity index (χ3n) is 2.19. The Morgan fingerprint density at radius 3 is 2.76 bits per heavy atom. The fourth-order valence-electron chi connectivity index (χ4n) is 1.12. The van der Waals surface area contributed by atoms with Crippen molar-refractivity contribution < 1.29 is 14.3 Å². The van der Waals surface area contributed by atoms with Gasteiger partial charge in [0.1, 0.15) is 11.6 Å². The first-order valence-corrected chi connectivity index (χ1v) is 5.04. The average molecular weight is 236 g/mol. The van der Waals surface area contributed by atoms with Crippen LogP contribution in [0.25, 0.3) is 0 Å². The van der Waals surface area contributed by atoms with Gasteiger partial charge in [-0.25, -0.2) is 4.39 Å². The van der Waals surface area contributed by atoms with Crippen molar-refractivity contribution in [3.05, 3.63) is 29.6 Å². The van der Waals surface area contributed by atoms with Gasteiger partial charge in [-0.3, -0.25) is 4.79 Å². The molecule has 5 heteroatoms. The molecule has 0 bridgehead atoms. The first-order chi connectivity index (χ1) is 7.85. The minimum absolute atomic E-state index is 0.128. The zero-order chi connectivity index (χ0) is 13.1. The quantitative estimate of drug-likeness (QED) is 0.840. The van der Waals surface area contributed by atoms with Crippen LogP contribution in [-0.4, -0.2) is 17.6 Å². The summed E-state index contributed by atoms with van der Waals surface area (Å²) in [4.78, 5) is 11.6. The van der Waals surface area contributed by atoms with Crippen LogP contribution in [-0.2, 0) is 0 Å². The molecule has 0 radical (unpaired) electrons. The summed E-state index contributed by atoms with van der Waals surface area (Å²) in [5.74, 6) is -1.64. The van der Waals surface area contributed by atoms with Gasteiger partial charge in [0, 0.05) is 12.6 Å². The standard InChI is InChI=1S/C12H13FN2O2/c1-12(2,6-14)7-15-11(17)9-4-3-8(16)5-10(9)13/h3-5,16H,7H2,1-2H3,(H,15,17). The van der Waals surface area contributed by atoms with Gasteiger partial charge in [-0.2, -0.15) is 5.26 Å². The summed E-state index contributed by atoms with van der Waals surface area (Å²) < 4.78 is 13.3. The highest BCUT2D eigenvalue weighted by Crippen LogP contribution is 2.16. The van der Waals surface area contributed by atoms with Crippen LogP contribution < -0.4 is 5.32 Å². The lowest BCUT2D eigenvalue weighted by atomic mass is 9.96. The van der Waals surface area contributed by atoms with Gasteiger partial charge in [0.05, 0.1) is 17.0 Å². The summed E-state index contributed by atoms with van der Waals surface area (Å²) in [5.41, 5.74) is -0.861. The number of amides is 1. The van der Waals surface area contributed by atoms with Gasteiger partial charge < -0.3 is 10.4 Å². The monoisotopic (exact) mass is 236 g/mol. The summed E-state index contributed by atoms with van der Waals surface area (Å²) >= 11 is 0. The summed E-state index contributed by atoms with van der Waals surface area (Å²) in [6.45, 7) is 3.46. The van der Waals surface area contributed by atoms with Crippen LogP contribution in [0.1, 0.15) is 24.2 Å². The van der Waals surface area contributed by atoms with Gasteiger partial charge in [-0.05, 0) is 26.0 Å². The molecular formula is C12H13FN2O2. The van der Waals surface area contributed by atoms with Gasteiger partial charge in [-0.1, -0.05) is 0 Å². The Labute approximate surface area is 98.7 Å². The molecule has 0 fully saturated rings. The van der Waals surface area contributed by atoms with Crippen molar-refractivity contribution in [2.45, 2.75) is 13.8 Å². The highest BCUT2D eigenvalue weighted by molar-refractivity contribution is 5.94. The molecule has 0 aliphatic heterocycles. The molecule has 0 spiro atoms. The van der Waals surface area contributed by atoms with Gasteiger partial charge in [0.15, 0.2) is 0 Å². The van der Waals surface area contributed by atoms with Gasteiger partial charge in [0.2, 0.25) is 0 Å². The van der Waals surface area contributed by atoms with E-state index in [4.69, 9.17) is 10.4 Å². The summed E-state index contributed by atoms with van der Waals surface area (Å²) in [6.07, 6.45) is 0. The Balaban J connectivity index is 2.75. The number of nitriles is 1. The van der Waals surface area contributed by atoms with Gasteiger partial charge in [0.25, 0.3) is 5.91 Å². The molecule has 90 valence electrons. The number of carbonyl (C=O) groups excluding carboxylic acids is 1. The molecule has 2 N–H and O–H groups in total. The summed E-state index contributed by atoms with van der Waals surface area (Å²) in [5, 5.41) is 20.2. The van der Waals surface area contributed by atoms with Crippen molar-refractivity contribution in [3.8, 4) is 11.8 Å². The maximum absolute atomic E-state index is 13.3. The minimum atomic E-state index is -0.794. The second-order valence-electron chi connectivity index (χ2n) is 4.34. The van der Waals surface area contributed by atoms with E-state index in [0.29, 0.717) is 0 Å². The number of phenolic OH excluding ortho intramolecular Hbond substituents is 1. The van der Waals surface area contributed by atoms with Crippen LogP contribution in [0.2, 0.25) is 0 Å². The molecule has 17 heavy (non-hydrogen) atoms. The zero-order valence-corrected chi connectivity index (χ0v) is 9.62. The van der Waals surface area contributed by atoms with Crippen LogP contribution in [0.15, 0.2) is 18.2 Å². The molecule has 0 atom stereocenters. The minimum Gasteiger partial charge on any atom is -0.508 e. The summed E-state index contributed by atoms with van der Waals surface area (Å²) in [7, 11) is 0. The molecule has 1 amide bonds. The number of phenols is 1. The number of hydrogen-bond acceptors (Lipinski definition) is 3. The Morgan fingerprint density at radius 2 is 2.24 bits per heavy atom. The normalized spacial score (nSPS) is 10.7. The molecule has 1 rings (SSSR count). The van der Waals surface area contributed by atoms with E-state index in [1.54, 1.807) is 13.8 Å². The Bertz CT molecular complexity index is 478. The predicted molar refractivity (Wildman–Crippen MR) is 59.8 cm³/mol. The number of carbonyl (C=O) groups is 1. The molecule has 0 saturated heterocycles. The Morgan fingerprint density at radius 1 is 1.59 bits per heavy atom. The molecule has 0 aliphatic rings. The molecule has 0 unspecified atom stereocenters. The van der Waals surface area contributed by atoms with Gasteiger partial charge in [-0.15, -0.1) is 0 Å². The zero-order valence-electron chi connectivity index (χ0n) is 9.62. The number of nitrogens with zero attached hydrogens (tertiary/aromatic N) is 1. The Hall–Kier alpha value is -2.09. The van der Waals surface area contributed by atoms with Crippen molar-refractivity contribution in [1.82, 2.24) is 5.32 Å². The lowest BCUT2D eigenvalue weighted by molar-refractivity contribution is 0.0939. The molecular weight excluding hydrogens is 223 g/mol. The van der Waals surface area contributed by atoms with E-state index in [0.717, 1.165) is 6.07 Å². The first kappa shape index (κ1) is 13.0. The largest absolute Gasteiger partial charge is 0.508 e. The highest BCUT2D eigenvalue weighted by Gasteiger charge is 2.19. The first-order valence-electron chi connectivity index (χ1n) is 5.04. The average Bonchev–Trinajstić information content (AvgIpc) is 2.26. The van der Waals surface area contributed by atoms with Crippen molar-refractivity contribution in [3.63, 3.8) is 0 Å². The van der Waals surface area contributed by atoms with Crippen molar-refractivity contribution >= 4 is 5.91 Å².